The SMILES string of the molecule is CCCNS(=O)(=O)c1ccc(OCC(=O)N(C)c2ccc(F)cc2)cc1. The van der Waals surface area contributed by atoms with Crippen molar-refractivity contribution in [3.63, 3.8) is 0 Å². The number of halogens is 1. The first kappa shape index (κ1) is 19.9. The van der Waals surface area contributed by atoms with Crippen molar-refractivity contribution in [1.29, 1.82) is 0 Å². The number of carbonyl (C=O) groups is 1. The lowest BCUT2D eigenvalue weighted by atomic mass is 10.3. The minimum Gasteiger partial charge on any atom is -0.484 e. The fourth-order valence-electron chi connectivity index (χ4n) is 2.09. The van der Waals surface area contributed by atoms with Gasteiger partial charge in [-0.05, 0) is 55.0 Å². The molecule has 140 valence electrons. The van der Waals surface area contributed by atoms with Crippen LogP contribution < -0.4 is 14.4 Å². The molecule has 2 aromatic carbocycles. The summed E-state index contributed by atoms with van der Waals surface area (Å²) in [5, 5.41) is 0. The van der Waals surface area contributed by atoms with Crippen LogP contribution in [0.3, 0.4) is 0 Å². The summed E-state index contributed by atoms with van der Waals surface area (Å²) in [5.41, 5.74) is 0.545. The number of benzene rings is 2. The summed E-state index contributed by atoms with van der Waals surface area (Å²) in [6, 6.07) is 11.4. The third-order valence-corrected chi connectivity index (χ3v) is 5.10. The Bertz CT molecular complexity index is 836. The van der Waals surface area contributed by atoms with E-state index < -0.39 is 10.0 Å². The van der Waals surface area contributed by atoms with Crippen LogP contribution in [0, 0.1) is 5.82 Å². The molecule has 0 aromatic heterocycles. The summed E-state index contributed by atoms with van der Waals surface area (Å²) < 4.78 is 44.8. The Morgan fingerprint density at radius 1 is 1.12 bits per heavy atom. The number of likely N-dealkylation sites (N-methyl/N-ethyl adjacent to an activating group) is 1. The number of ether oxygens (including phenoxy) is 1. The van der Waals surface area contributed by atoms with E-state index in [1.807, 2.05) is 6.92 Å². The normalized spacial score (nSPS) is 11.2. The molecule has 0 atom stereocenters. The summed E-state index contributed by atoms with van der Waals surface area (Å²) in [6.07, 6.45) is 0.699. The Kier molecular flexibility index (Phi) is 6.70. The average Bonchev–Trinajstić information content (AvgIpc) is 2.65. The predicted molar refractivity (Wildman–Crippen MR) is 97.2 cm³/mol. The Hall–Kier alpha value is -2.45. The molecule has 0 fully saturated rings. The van der Waals surface area contributed by atoms with Gasteiger partial charge in [-0.2, -0.15) is 0 Å². The van der Waals surface area contributed by atoms with Crippen molar-refractivity contribution in [3.8, 4) is 5.75 Å². The molecule has 0 aliphatic rings. The van der Waals surface area contributed by atoms with Gasteiger partial charge in [-0.25, -0.2) is 17.5 Å². The number of carbonyl (C=O) groups excluding carboxylic acids is 1. The van der Waals surface area contributed by atoms with Crippen molar-refractivity contribution in [3.05, 3.63) is 54.3 Å². The molecular weight excluding hydrogens is 359 g/mol. The number of nitrogens with one attached hydrogen (secondary N) is 1. The van der Waals surface area contributed by atoms with E-state index in [2.05, 4.69) is 4.72 Å². The summed E-state index contributed by atoms with van der Waals surface area (Å²) in [5.74, 6) is -0.326. The Morgan fingerprint density at radius 3 is 2.31 bits per heavy atom. The summed E-state index contributed by atoms with van der Waals surface area (Å²) in [7, 11) is -1.97. The minimum atomic E-state index is -3.53. The van der Waals surface area contributed by atoms with Crippen LogP contribution in [0.5, 0.6) is 5.75 Å². The molecule has 8 heteroatoms. The quantitative estimate of drug-likeness (QED) is 0.764. The highest BCUT2D eigenvalue weighted by molar-refractivity contribution is 7.89. The first-order valence-corrected chi connectivity index (χ1v) is 9.56. The highest BCUT2D eigenvalue weighted by Crippen LogP contribution is 2.17. The highest BCUT2D eigenvalue weighted by Gasteiger charge is 2.14. The molecule has 0 aliphatic heterocycles. The molecule has 2 aromatic rings. The van der Waals surface area contributed by atoms with Gasteiger partial charge in [0.15, 0.2) is 6.61 Å². The van der Waals surface area contributed by atoms with Gasteiger partial charge in [0.25, 0.3) is 5.91 Å². The second-order valence-electron chi connectivity index (χ2n) is 5.59. The van der Waals surface area contributed by atoms with Gasteiger partial charge in [-0.1, -0.05) is 6.92 Å². The van der Waals surface area contributed by atoms with Gasteiger partial charge in [-0.15, -0.1) is 0 Å². The molecule has 0 spiro atoms. The number of amides is 1. The van der Waals surface area contributed by atoms with Gasteiger partial charge in [-0.3, -0.25) is 4.79 Å². The van der Waals surface area contributed by atoms with E-state index in [-0.39, 0.29) is 23.2 Å². The van der Waals surface area contributed by atoms with Crippen LogP contribution >= 0.6 is 0 Å². The van der Waals surface area contributed by atoms with Crippen LogP contribution in [0.2, 0.25) is 0 Å². The zero-order valence-corrected chi connectivity index (χ0v) is 15.4. The zero-order chi connectivity index (χ0) is 19.2. The maximum absolute atomic E-state index is 12.9. The topological polar surface area (TPSA) is 75.7 Å². The molecule has 0 unspecified atom stereocenters. The summed E-state index contributed by atoms with van der Waals surface area (Å²) >= 11 is 0. The second-order valence-corrected chi connectivity index (χ2v) is 7.35. The van der Waals surface area contributed by atoms with Crippen molar-refractivity contribution >= 4 is 21.6 Å². The lowest BCUT2D eigenvalue weighted by Crippen LogP contribution is -2.31. The van der Waals surface area contributed by atoms with E-state index in [0.717, 1.165) is 0 Å². The molecule has 1 N–H and O–H groups in total. The highest BCUT2D eigenvalue weighted by atomic mass is 32.2. The first-order valence-electron chi connectivity index (χ1n) is 8.08. The number of nitrogens with zero attached hydrogens (tertiary/aromatic N) is 1. The third-order valence-electron chi connectivity index (χ3n) is 3.63. The van der Waals surface area contributed by atoms with Crippen molar-refractivity contribution in [2.45, 2.75) is 18.2 Å². The molecule has 26 heavy (non-hydrogen) atoms. The zero-order valence-electron chi connectivity index (χ0n) is 14.6. The average molecular weight is 380 g/mol. The molecule has 1 amide bonds. The lowest BCUT2D eigenvalue weighted by molar-refractivity contribution is -0.120. The van der Waals surface area contributed by atoms with Crippen LogP contribution in [0.15, 0.2) is 53.4 Å². The fraction of sp³-hybridized carbons (Fsp3) is 0.278. The summed E-state index contributed by atoms with van der Waals surface area (Å²) in [6.45, 7) is 2.01. The van der Waals surface area contributed by atoms with Gasteiger partial charge < -0.3 is 9.64 Å². The molecule has 0 radical (unpaired) electrons. The summed E-state index contributed by atoms with van der Waals surface area (Å²) in [4.78, 5) is 13.6. The number of anilines is 1. The molecule has 0 saturated heterocycles. The van der Waals surface area contributed by atoms with Crippen molar-refractivity contribution in [2.75, 3.05) is 25.1 Å². The predicted octanol–water partition coefficient (Wildman–Crippen LogP) is 2.56. The molecule has 2 rings (SSSR count). The third kappa shape index (κ3) is 5.27. The van der Waals surface area contributed by atoms with Gasteiger partial charge in [0.2, 0.25) is 10.0 Å². The van der Waals surface area contributed by atoms with E-state index in [9.17, 15) is 17.6 Å². The number of hydrogen-bond acceptors (Lipinski definition) is 4. The van der Waals surface area contributed by atoms with Crippen LogP contribution in [0.25, 0.3) is 0 Å². The van der Waals surface area contributed by atoms with E-state index in [1.54, 1.807) is 7.05 Å². The van der Waals surface area contributed by atoms with E-state index in [0.29, 0.717) is 24.4 Å². The first-order chi connectivity index (χ1) is 12.3. The fourth-order valence-corrected chi connectivity index (χ4v) is 3.22. The smallest absolute Gasteiger partial charge is 0.264 e. The van der Waals surface area contributed by atoms with E-state index in [4.69, 9.17) is 4.74 Å². The second kappa shape index (κ2) is 8.77. The Morgan fingerprint density at radius 2 is 1.73 bits per heavy atom. The van der Waals surface area contributed by atoms with Gasteiger partial charge in [0.1, 0.15) is 11.6 Å². The Balaban J connectivity index is 1.95. The minimum absolute atomic E-state index is 0.132. The standard InChI is InChI=1S/C18H21FN2O4S/c1-3-12-20-26(23,24)17-10-8-16(9-11-17)25-13-18(22)21(2)15-6-4-14(19)5-7-15/h4-11,20H,3,12-13H2,1-2H3. The number of sulfonamides is 1. The molecule has 0 saturated carbocycles. The molecule has 0 bridgehead atoms. The number of rotatable bonds is 8. The molecule has 0 aliphatic carbocycles. The number of hydrogen-bond donors (Lipinski definition) is 1. The van der Waals surface area contributed by atoms with Crippen molar-refractivity contribution in [2.24, 2.45) is 0 Å². The van der Waals surface area contributed by atoms with Crippen molar-refractivity contribution in [1.82, 2.24) is 4.72 Å². The largest absolute Gasteiger partial charge is 0.484 e. The molecular formula is C18H21FN2O4S. The van der Waals surface area contributed by atoms with Crippen molar-refractivity contribution < 1.29 is 22.3 Å². The van der Waals surface area contributed by atoms with Gasteiger partial charge in [0.05, 0.1) is 4.90 Å². The maximum atomic E-state index is 12.9. The van der Waals surface area contributed by atoms with E-state index >= 15 is 0 Å². The monoisotopic (exact) mass is 380 g/mol. The van der Waals surface area contributed by atoms with Crippen LogP contribution in [-0.4, -0.2) is 34.5 Å². The van der Waals surface area contributed by atoms with Crippen LogP contribution in [0.1, 0.15) is 13.3 Å². The molecule has 0 heterocycles. The van der Waals surface area contributed by atoms with Crippen LogP contribution in [-0.2, 0) is 14.8 Å². The Labute approximate surface area is 152 Å². The van der Waals surface area contributed by atoms with E-state index in [1.165, 1.54) is 53.4 Å². The van der Waals surface area contributed by atoms with Gasteiger partial charge >= 0.3 is 0 Å². The maximum Gasteiger partial charge on any atom is 0.264 e. The van der Waals surface area contributed by atoms with Gasteiger partial charge in [0, 0.05) is 19.3 Å². The lowest BCUT2D eigenvalue weighted by Gasteiger charge is -2.17. The molecule has 6 nitrogen and oxygen atoms in total. The van der Waals surface area contributed by atoms with Crippen LogP contribution in [0.4, 0.5) is 10.1 Å².